The van der Waals surface area contributed by atoms with Crippen LogP contribution in [0, 0.1) is 0 Å². The number of para-hydroxylation sites is 1. The molecule has 2 rings (SSSR count). The molecule has 1 aromatic rings. The Hall–Kier alpha value is -1.70. The first-order valence-corrected chi connectivity index (χ1v) is 4.75. The van der Waals surface area contributed by atoms with E-state index in [-0.39, 0.29) is 0 Å². The molecule has 2 heteroatoms. The fraction of sp³-hybridized carbons (Fsp3) is 0.167. The lowest BCUT2D eigenvalue weighted by atomic mass is 10.3. The lowest BCUT2D eigenvalue weighted by Crippen LogP contribution is -2.24. The van der Waals surface area contributed by atoms with Crippen molar-refractivity contribution in [3.8, 4) is 0 Å². The molecule has 0 aromatic heterocycles. The third kappa shape index (κ3) is 1.79. The maximum atomic E-state index is 3.73. The van der Waals surface area contributed by atoms with Gasteiger partial charge in [0.15, 0.2) is 0 Å². The summed E-state index contributed by atoms with van der Waals surface area (Å²) in [5.41, 5.74) is 1.23. The second-order valence-corrected chi connectivity index (χ2v) is 3.30. The quantitative estimate of drug-likeness (QED) is 0.669. The van der Waals surface area contributed by atoms with Crippen LogP contribution in [0.15, 0.2) is 55.4 Å². The zero-order valence-electron chi connectivity index (χ0n) is 8.13. The van der Waals surface area contributed by atoms with Crippen LogP contribution in [0.4, 0.5) is 5.69 Å². The Kier molecular flexibility index (Phi) is 2.54. The van der Waals surface area contributed by atoms with Crippen LogP contribution < -0.4 is 4.90 Å². The zero-order chi connectivity index (χ0) is 9.80. The lowest BCUT2D eigenvalue weighted by Gasteiger charge is -2.19. The van der Waals surface area contributed by atoms with Gasteiger partial charge in [-0.25, -0.2) is 0 Å². The molecule has 0 bridgehead atoms. The molecule has 1 aliphatic rings. The molecule has 0 unspecified atom stereocenters. The van der Waals surface area contributed by atoms with E-state index in [1.165, 1.54) is 5.69 Å². The number of hydrogen-bond donors (Lipinski definition) is 0. The molecule has 1 aromatic carbocycles. The van der Waals surface area contributed by atoms with Gasteiger partial charge in [-0.1, -0.05) is 24.3 Å². The van der Waals surface area contributed by atoms with E-state index in [0.29, 0.717) is 0 Å². The van der Waals surface area contributed by atoms with Crippen LogP contribution in [0.5, 0.6) is 0 Å². The van der Waals surface area contributed by atoms with E-state index in [2.05, 4.69) is 53.0 Å². The van der Waals surface area contributed by atoms with Crippen molar-refractivity contribution >= 4 is 5.69 Å². The molecule has 1 heterocycles. The molecule has 0 saturated carbocycles. The van der Waals surface area contributed by atoms with Gasteiger partial charge < -0.3 is 9.80 Å². The van der Waals surface area contributed by atoms with E-state index in [9.17, 15) is 0 Å². The summed E-state index contributed by atoms with van der Waals surface area (Å²) in [6.07, 6.45) is 6.10. The minimum Gasteiger partial charge on any atom is -0.355 e. The third-order valence-corrected chi connectivity index (χ3v) is 2.24. The van der Waals surface area contributed by atoms with Crippen molar-refractivity contribution in [2.45, 2.75) is 0 Å². The Morgan fingerprint density at radius 2 is 2.00 bits per heavy atom. The first-order chi connectivity index (χ1) is 6.90. The number of nitrogens with zero attached hydrogens (tertiary/aromatic N) is 2. The highest BCUT2D eigenvalue weighted by atomic mass is 15.3. The zero-order valence-corrected chi connectivity index (χ0v) is 8.13. The molecule has 1 aliphatic heterocycles. The van der Waals surface area contributed by atoms with Gasteiger partial charge in [0.25, 0.3) is 0 Å². The SMILES string of the molecule is C=CCN1C=CN(c2ccccc2)C1. The van der Waals surface area contributed by atoms with Crippen LogP contribution in [0.1, 0.15) is 0 Å². The number of hydrogen-bond acceptors (Lipinski definition) is 2. The highest BCUT2D eigenvalue weighted by Crippen LogP contribution is 2.17. The van der Waals surface area contributed by atoms with Gasteiger partial charge in [0.05, 0.1) is 6.67 Å². The molecule has 0 radical (unpaired) electrons. The fourth-order valence-electron chi connectivity index (χ4n) is 1.54. The van der Waals surface area contributed by atoms with Crippen molar-refractivity contribution in [3.63, 3.8) is 0 Å². The molecule has 0 amide bonds. The van der Waals surface area contributed by atoms with Gasteiger partial charge in [-0.2, -0.15) is 0 Å². The van der Waals surface area contributed by atoms with Crippen molar-refractivity contribution in [1.29, 1.82) is 0 Å². The summed E-state index contributed by atoms with van der Waals surface area (Å²) < 4.78 is 0. The summed E-state index contributed by atoms with van der Waals surface area (Å²) >= 11 is 0. The molecule has 0 fully saturated rings. The Labute approximate surface area is 84.8 Å². The third-order valence-electron chi connectivity index (χ3n) is 2.24. The summed E-state index contributed by atoms with van der Waals surface area (Å²) in [7, 11) is 0. The van der Waals surface area contributed by atoms with E-state index < -0.39 is 0 Å². The van der Waals surface area contributed by atoms with Crippen molar-refractivity contribution in [1.82, 2.24) is 4.90 Å². The summed E-state index contributed by atoms with van der Waals surface area (Å²) in [4.78, 5) is 4.42. The van der Waals surface area contributed by atoms with Gasteiger partial charge in [0.2, 0.25) is 0 Å². The van der Waals surface area contributed by atoms with Crippen LogP contribution in [-0.2, 0) is 0 Å². The normalized spacial score (nSPS) is 14.9. The van der Waals surface area contributed by atoms with Crippen molar-refractivity contribution in [2.24, 2.45) is 0 Å². The molecular weight excluding hydrogens is 172 g/mol. The highest BCUT2D eigenvalue weighted by molar-refractivity contribution is 5.49. The van der Waals surface area contributed by atoms with E-state index in [0.717, 1.165) is 13.2 Å². The molecule has 72 valence electrons. The first kappa shape index (κ1) is 8.88. The van der Waals surface area contributed by atoms with Gasteiger partial charge in [-0.3, -0.25) is 0 Å². The summed E-state index contributed by atoms with van der Waals surface area (Å²) in [6.45, 7) is 5.54. The van der Waals surface area contributed by atoms with Crippen molar-refractivity contribution < 1.29 is 0 Å². The predicted octanol–water partition coefficient (Wildman–Crippen LogP) is 2.42. The number of benzene rings is 1. The number of anilines is 1. The monoisotopic (exact) mass is 186 g/mol. The van der Waals surface area contributed by atoms with Crippen molar-refractivity contribution in [3.05, 3.63) is 55.4 Å². The molecule has 0 spiro atoms. The van der Waals surface area contributed by atoms with Gasteiger partial charge in [0.1, 0.15) is 0 Å². The second kappa shape index (κ2) is 4.01. The molecule has 0 aliphatic carbocycles. The Morgan fingerprint density at radius 1 is 1.21 bits per heavy atom. The Morgan fingerprint density at radius 3 is 2.71 bits per heavy atom. The Balaban J connectivity index is 2.04. The second-order valence-electron chi connectivity index (χ2n) is 3.30. The van der Waals surface area contributed by atoms with Crippen LogP contribution in [-0.4, -0.2) is 18.1 Å². The van der Waals surface area contributed by atoms with Gasteiger partial charge >= 0.3 is 0 Å². The highest BCUT2D eigenvalue weighted by Gasteiger charge is 2.11. The molecule has 14 heavy (non-hydrogen) atoms. The van der Waals surface area contributed by atoms with Crippen LogP contribution in [0.3, 0.4) is 0 Å². The summed E-state index contributed by atoms with van der Waals surface area (Å²) in [5.74, 6) is 0. The van der Waals surface area contributed by atoms with E-state index in [1.54, 1.807) is 0 Å². The largest absolute Gasteiger partial charge is 0.355 e. The minimum absolute atomic E-state index is 0.903. The maximum Gasteiger partial charge on any atom is 0.0945 e. The van der Waals surface area contributed by atoms with Crippen LogP contribution >= 0.6 is 0 Å². The van der Waals surface area contributed by atoms with E-state index in [4.69, 9.17) is 0 Å². The van der Waals surface area contributed by atoms with Gasteiger partial charge in [-0.05, 0) is 12.1 Å². The van der Waals surface area contributed by atoms with Gasteiger partial charge in [0, 0.05) is 24.6 Å². The number of rotatable bonds is 3. The van der Waals surface area contributed by atoms with E-state index in [1.807, 2.05) is 12.1 Å². The summed E-state index contributed by atoms with van der Waals surface area (Å²) in [6, 6.07) is 10.4. The molecule has 0 saturated heterocycles. The van der Waals surface area contributed by atoms with Crippen LogP contribution in [0.2, 0.25) is 0 Å². The van der Waals surface area contributed by atoms with Gasteiger partial charge in [-0.15, -0.1) is 6.58 Å². The predicted molar refractivity (Wildman–Crippen MR) is 59.8 cm³/mol. The van der Waals surface area contributed by atoms with E-state index >= 15 is 0 Å². The summed E-state index contributed by atoms with van der Waals surface area (Å²) in [5, 5.41) is 0. The lowest BCUT2D eigenvalue weighted by molar-refractivity contribution is 0.451. The standard InChI is InChI=1S/C12H14N2/c1-2-8-13-9-10-14(11-13)12-6-4-3-5-7-12/h2-7,9-10H,1,8,11H2. The Bertz CT molecular complexity index is 329. The van der Waals surface area contributed by atoms with Crippen LogP contribution in [0.25, 0.3) is 0 Å². The topological polar surface area (TPSA) is 6.48 Å². The average Bonchev–Trinajstić information content (AvgIpc) is 2.68. The first-order valence-electron chi connectivity index (χ1n) is 4.75. The molecule has 0 atom stereocenters. The molecular formula is C12H14N2. The molecule has 2 nitrogen and oxygen atoms in total. The average molecular weight is 186 g/mol. The molecule has 0 N–H and O–H groups in total. The van der Waals surface area contributed by atoms with Crippen molar-refractivity contribution in [2.75, 3.05) is 18.1 Å². The fourth-order valence-corrected chi connectivity index (χ4v) is 1.54. The maximum absolute atomic E-state index is 3.73. The smallest absolute Gasteiger partial charge is 0.0945 e. The minimum atomic E-state index is 0.903.